The minimum atomic E-state index is -1.83. The van der Waals surface area contributed by atoms with Crippen LogP contribution in [0.1, 0.15) is 81.5 Å². The number of nitrogens with one attached hydrogen (secondary N) is 6. The third-order valence-corrected chi connectivity index (χ3v) is 10.7. The first-order valence-corrected chi connectivity index (χ1v) is 20.4. The molecule has 16 heteroatoms. The van der Waals surface area contributed by atoms with E-state index in [-0.39, 0.29) is 25.2 Å². The molecule has 2 unspecified atom stereocenters. The van der Waals surface area contributed by atoms with Gasteiger partial charge in [-0.05, 0) is 66.1 Å². The number of carbonyl (C=O) groups excluding carboxylic acids is 6. The fourth-order valence-corrected chi connectivity index (χ4v) is 7.58. The molecule has 6 rings (SSSR count). The highest BCUT2D eigenvalue weighted by atomic mass is 16.5. The van der Waals surface area contributed by atoms with E-state index in [1.165, 1.54) is 19.1 Å². The predicted octanol–water partition coefficient (Wildman–Crippen LogP) is 2.34. The van der Waals surface area contributed by atoms with Crippen molar-refractivity contribution in [3.8, 4) is 11.5 Å². The lowest BCUT2D eigenvalue weighted by Gasteiger charge is -2.33. The summed E-state index contributed by atoms with van der Waals surface area (Å²) >= 11 is 0. The SMILES string of the molecule is CCCC(NC(=O)[C@@H]1Cc2cccc(c2)Oc2ccc(cc2)C[C@H](NC(C)=O)C(=O)N[C@@H](C2CCCCC2)C(=O)N1)C(O)C(=O)NCC(=O)N[C@H](C(=O)O)c1ccccc1. The molecular weight excluding hydrogens is 773 g/mol. The summed E-state index contributed by atoms with van der Waals surface area (Å²) in [5.41, 5.74) is 1.69. The second kappa shape index (κ2) is 21.6. The molecule has 6 atom stereocenters. The van der Waals surface area contributed by atoms with E-state index in [1.807, 2.05) is 0 Å². The second-order valence-corrected chi connectivity index (χ2v) is 15.3. The van der Waals surface area contributed by atoms with Crippen molar-refractivity contribution < 1.29 is 48.5 Å². The Hall–Kier alpha value is -6.29. The summed E-state index contributed by atoms with van der Waals surface area (Å²) in [4.78, 5) is 92.6. The Morgan fingerprint density at radius 2 is 1.53 bits per heavy atom. The summed E-state index contributed by atoms with van der Waals surface area (Å²) in [6, 6.07) is 16.2. The normalized spacial score (nSPS) is 20.1. The average Bonchev–Trinajstić information content (AvgIpc) is 3.23. The number of hydrogen-bond donors (Lipinski definition) is 8. The van der Waals surface area contributed by atoms with Crippen LogP contribution in [0, 0.1) is 5.92 Å². The molecular formula is C44H54N6O10. The zero-order valence-corrected chi connectivity index (χ0v) is 33.8. The molecule has 60 heavy (non-hydrogen) atoms. The van der Waals surface area contributed by atoms with E-state index in [9.17, 15) is 43.8 Å². The van der Waals surface area contributed by atoms with Gasteiger partial charge in [0.1, 0.15) is 29.6 Å². The lowest BCUT2D eigenvalue weighted by atomic mass is 9.83. The number of amides is 6. The summed E-state index contributed by atoms with van der Waals surface area (Å²) in [6.07, 6.45) is 2.80. The lowest BCUT2D eigenvalue weighted by molar-refractivity contribution is -0.142. The monoisotopic (exact) mass is 826 g/mol. The quantitative estimate of drug-likeness (QED) is 0.125. The van der Waals surface area contributed by atoms with E-state index in [0.29, 0.717) is 41.9 Å². The number of ether oxygens (including phenoxy) is 1. The van der Waals surface area contributed by atoms with Gasteiger partial charge in [-0.1, -0.05) is 87.2 Å². The van der Waals surface area contributed by atoms with Crippen molar-refractivity contribution in [3.63, 3.8) is 0 Å². The molecule has 16 nitrogen and oxygen atoms in total. The summed E-state index contributed by atoms with van der Waals surface area (Å²) < 4.78 is 6.10. The van der Waals surface area contributed by atoms with Crippen LogP contribution in [0.3, 0.4) is 0 Å². The number of aliphatic carboxylic acids is 1. The van der Waals surface area contributed by atoms with Crippen molar-refractivity contribution in [2.45, 2.75) is 108 Å². The summed E-state index contributed by atoms with van der Waals surface area (Å²) in [7, 11) is 0. The highest BCUT2D eigenvalue weighted by molar-refractivity contribution is 5.95. The van der Waals surface area contributed by atoms with Gasteiger partial charge >= 0.3 is 5.97 Å². The largest absolute Gasteiger partial charge is 0.479 e. The van der Waals surface area contributed by atoms with E-state index in [0.717, 1.165) is 24.8 Å². The fourth-order valence-electron chi connectivity index (χ4n) is 7.58. The van der Waals surface area contributed by atoms with Crippen molar-refractivity contribution in [2.24, 2.45) is 5.92 Å². The Kier molecular flexibility index (Phi) is 16.2. The molecule has 2 heterocycles. The second-order valence-electron chi connectivity index (χ2n) is 15.3. The number of aliphatic hydroxyl groups excluding tert-OH is 1. The Balaban J connectivity index is 1.38. The number of aliphatic hydroxyl groups is 1. The van der Waals surface area contributed by atoms with Gasteiger partial charge < -0.3 is 46.9 Å². The maximum absolute atomic E-state index is 14.4. The van der Waals surface area contributed by atoms with E-state index in [4.69, 9.17) is 4.74 Å². The topological polar surface area (TPSA) is 241 Å². The number of carbonyl (C=O) groups is 7. The van der Waals surface area contributed by atoms with Crippen LogP contribution in [0.25, 0.3) is 0 Å². The van der Waals surface area contributed by atoms with Gasteiger partial charge in [-0.2, -0.15) is 0 Å². The van der Waals surface area contributed by atoms with Crippen molar-refractivity contribution in [3.05, 3.63) is 95.6 Å². The first-order valence-electron chi connectivity index (χ1n) is 20.4. The summed E-state index contributed by atoms with van der Waals surface area (Å²) in [5.74, 6) is -4.71. The van der Waals surface area contributed by atoms with Crippen molar-refractivity contribution in [1.82, 2.24) is 31.9 Å². The number of hydrogen-bond acceptors (Lipinski definition) is 9. The maximum atomic E-state index is 14.4. The smallest absolute Gasteiger partial charge is 0.330 e. The van der Waals surface area contributed by atoms with Gasteiger partial charge in [-0.15, -0.1) is 0 Å². The lowest BCUT2D eigenvalue weighted by Crippen LogP contribution is -2.61. The molecule has 3 aromatic rings. The molecule has 8 N–H and O–H groups in total. The van der Waals surface area contributed by atoms with Crippen molar-refractivity contribution in [2.75, 3.05) is 6.54 Å². The first kappa shape index (κ1) is 44.8. The molecule has 320 valence electrons. The summed E-state index contributed by atoms with van der Waals surface area (Å²) in [5, 5.41) is 36.7. The van der Waals surface area contributed by atoms with Crippen LogP contribution in [0.5, 0.6) is 11.5 Å². The third kappa shape index (κ3) is 12.9. The minimum Gasteiger partial charge on any atom is -0.479 e. The van der Waals surface area contributed by atoms with E-state index < -0.39 is 84.3 Å². The number of rotatable bonds is 13. The number of fused-ring (bicyclic) bond motifs is 10. The van der Waals surface area contributed by atoms with Gasteiger partial charge in [0, 0.05) is 19.8 Å². The molecule has 2 aliphatic heterocycles. The van der Waals surface area contributed by atoms with Crippen LogP contribution in [-0.4, -0.2) is 88.4 Å². The zero-order chi connectivity index (χ0) is 43.2. The molecule has 0 aromatic heterocycles. The van der Waals surface area contributed by atoms with Crippen LogP contribution in [0.2, 0.25) is 0 Å². The minimum absolute atomic E-state index is 0.0406. The molecule has 6 amide bonds. The highest BCUT2D eigenvalue weighted by Gasteiger charge is 2.37. The Labute approximate surface area is 348 Å². The zero-order valence-electron chi connectivity index (χ0n) is 33.8. The van der Waals surface area contributed by atoms with Crippen LogP contribution < -0.4 is 36.6 Å². The Morgan fingerprint density at radius 1 is 0.817 bits per heavy atom. The van der Waals surface area contributed by atoms with Crippen LogP contribution in [0.4, 0.5) is 0 Å². The predicted molar refractivity (Wildman–Crippen MR) is 219 cm³/mol. The molecule has 0 spiro atoms. The van der Waals surface area contributed by atoms with Gasteiger partial charge in [-0.3, -0.25) is 28.8 Å². The highest BCUT2D eigenvalue weighted by Crippen LogP contribution is 2.28. The number of benzene rings is 3. The van der Waals surface area contributed by atoms with Gasteiger partial charge in [0.2, 0.25) is 29.5 Å². The van der Waals surface area contributed by atoms with E-state index >= 15 is 0 Å². The summed E-state index contributed by atoms with van der Waals surface area (Å²) in [6.45, 7) is 2.44. The van der Waals surface area contributed by atoms with Crippen LogP contribution >= 0.6 is 0 Å². The van der Waals surface area contributed by atoms with Crippen molar-refractivity contribution >= 4 is 41.4 Å². The molecule has 1 saturated carbocycles. The van der Waals surface area contributed by atoms with Crippen LogP contribution in [0.15, 0.2) is 78.9 Å². The first-order chi connectivity index (χ1) is 28.8. The van der Waals surface area contributed by atoms with E-state index in [1.54, 1.807) is 73.7 Å². The van der Waals surface area contributed by atoms with E-state index in [2.05, 4.69) is 31.9 Å². The van der Waals surface area contributed by atoms with Gasteiger partial charge in [0.25, 0.3) is 5.91 Å². The standard InChI is InChI=1S/C44H54N6O10/c1-3-11-33(39(53)43(57)45-25-36(52)49-38(44(58)59)30-15-8-5-9-16-30)47-40(54)35-24-28-12-10-17-32(22-28)60-31-20-18-27(19-21-31)23-34(46-26(2)51)41(55)50-37(42(56)48-35)29-13-6-4-7-14-29/h5,8-10,12,15-22,29,33-35,37-39,53H,3-4,6-7,11,13-14,23-25H2,1-2H3,(H,45,57)(H,46,51)(H,47,54)(H,48,56)(H,49,52)(H,50,55)(H,58,59)/t33?,34-,35-,37-,38-,39?/m0/s1. The average molecular weight is 827 g/mol. The third-order valence-electron chi connectivity index (χ3n) is 10.7. The van der Waals surface area contributed by atoms with Crippen molar-refractivity contribution in [1.29, 1.82) is 0 Å². The molecule has 0 saturated heterocycles. The molecule has 3 aromatic carbocycles. The maximum Gasteiger partial charge on any atom is 0.330 e. The fraction of sp³-hybridized carbons (Fsp3) is 0.432. The molecule has 4 bridgehead atoms. The van der Waals surface area contributed by atoms with Gasteiger partial charge in [-0.25, -0.2) is 4.79 Å². The van der Waals surface area contributed by atoms with Gasteiger partial charge in [0.15, 0.2) is 12.1 Å². The molecule has 1 aliphatic carbocycles. The van der Waals surface area contributed by atoms with Crippen LogP contribution in [-0.2, 0) is 46.4 Å². The molecule has 3 aliphatic rings. The number of carboxylic acids is 1. The molecule has 1 fully saturated rings. The van der Waals surface area contributed by atoms with Gasteiger partial charge in [0.05, 0.1) is 12.6 Å². The molecule has 0 radical (unpaired) electrons. The Bertz CT molecular complexity index is 1990. The Morgan fingerprint density at radius 3 is 2.20 bits per heavy atom. The number of carboxylic acid groups (broad SMARTS) is 1.